The molecule has 2 N–H and O–H groups in total. The molecule has 0 bridgehead atoms. The molecule has 1 rings (SSSR count). The Kier molecular flexibility index (Phi) is 2.96. The van der Waals surface area contributed by atoms with Gasteiger partial charge in [0.15, 0.2) is 0 Å². The van der Waals surface area contributed by atoms with Gasteiger partial charge in [-0.05, 0) is 10.4 Å². The van der Waals surface area contributed by atoms with Crippen LogP contribution in [-0.4, -0.2) is 49.8 Å². The average molecular weight is 123 g/mol. The predicted octanol–water partition coefficient (Wildman–Crippen LogP) is -1.86. The topological polar surface area (TPSA) is 69.6 Å². The average Bonchev–Trinajstić information content (AvgIpc) is 1.91. The molecule has 1 aromatic heterocycles. The third-order valence-electron chi connectivity index (χ3n) is 0.653. The van der Waals surface area contributed by atoms with Gasteiger partial charge in [0, 0.05) is 7.05 Å². The van der Waals surface area contributed by atoms with E-state index in [-0.39, 0.29) is 29.6 Å². The van der Waals surface area contributed by atoms with Gasteiger partial charge in [0.1, 0.15) is 0 Å². The zero-order chi connectivity index (χ0) is 5.28. The van der Waals surface area contributed by atoms with Gasteiger partial charge in [0.2, 0.25) is 5.95 Å². The van der Waals surface area contributed by atoms with E-state index in [9.17, 15) is 0 Å². The molecule has 1 aromatic rings. The Labute approximate surface area is 68.5 Å². The first-order valence-corrected chi connectivity index (χ1v) is 1.78. The summed E-state index contributed by atoms with van der Waals surface area (Å²) in [5.74, 6) is 0.333. The molecule has 0 saturated heterocycles. The number of hydrogen-bond donors (Lipinski definition) is 1. The van der Waals surface area contributed by atoms with E-state index in [1.807, 2.05) is 0 Å². The maximum absolute atomic E-state index is 5.17. The summed E-state index contributed by atoms with van der Waals surface area (Å²) in [6, 6.07) is 0. The summed E-state index contributed by atoms with van der Waals surface area (Å²) in [7, 11) is 1.68. The number of nitrogens with two attached hydrogens (primary N) is 1. The first-order valence-electron chi connectivity index (χ1n) is 1.78. The van der Waals surface area contributed by atoms with Crippen LogP contribution in [0.5, 0.6) is 0 Å². The Morgan fingerprint density at radius 3 is 2.38 bits per heavy atom. The van der Waals surface area contributed by atoms with Crippen molar-refractivity contribution in [1.82, 2.24) is 20.2 Å². The molecule has 0 saturated carbocycles. The number of tetrazole rings is 1. The van der Waals surface area contributed by atoms with Gasteiger partial charge in [-0.15, -0.1) is 0 Å². The van der Waals surface area contributed by atoms with Crippen LogP contribution in [0.1, 0.15) is 0 Å². The van der Waals surface area contributed by atoms with Crippen LogP contribution in [0.15, 0.2) is 0 Å². The van der Waals surface area contributed by atoms with Crippen molar-refractivity contribution in [2.45, 2.75) is 0 Å². The van der Waals surface area contributed by atoms with Gasteiger partial charge in [-0.2, -0.15) is 0 Å². The van der Waals surface area contributed by atoms with Crippen LogP contribution in [0.25, 0.3) is 0 Å². The number of aromatic nitrogens is 4. The van der Waals surface area contributed by atoms with E-state index in [1.165, 1.54) is 4.68 Å². The minimum atomic E-state index is 0. The second-order valence-electron chi connectivity index (χ2n) is 1.16. The number of nitrogen functional groups attached to an aromatic ring is 1. The number of anilines is 1. The number of nitrogens with zero attached hydrogens (tertiary/aromatic N) is 4. The normalized spacial score (nSPS) is 8.12. The molecule has 0 aliphatic rings. The molecular weight excluding hydrogens is 117 g/mol. The van der Waals surface area contributed by atoms with E-state index in [1.54, 1.807) is 7.05 Å². The van der Waals surface area contributed by atoms with Crippen molar-refractivity contribution < 1.29 is 0 Å². The van der Waals surface area contributed by atoms with E-state index in [4.69, 9.17) is 5.73 Å². The quantitative estimate of drug-likeness (QED) is 0.411. The molecule has 0 fully saturated rings. The molecule has 5 nitrogen and oxygen atoms in total. The molecule has 0 aliphatic heterocycles. The van der Waals surface area contributed by atoms with Crippen LogP contribution in [0.4, 0.5) is 5.95 Å². The predicted molar refractivity (Wildman–Crippen MR) is 30.4 cm³/mol. The molecule has 6 heteroatoms. The van der Waals surface area contributed by atoms with Crippen LogP contribution in [0.3, 0.4) is 0 Å². The third kappa shape index (κ3) is 1.43. The summed E-state index contributed by atoms with van der Waals surface area (Å²) in [6.07, 6.45) is 0. The Balaban J connectivity index is 0.000000490. The van der Waals surface area contributed by atoms with Crippen molar-refractivity contribution in [2.75, 3.05) is 5.73 Å². The van der Waals surface area contributed by atoms with E-state index < -0.39 is 0 Å². The fourth-order valence-corrected chi connectivity index (χ4v) is 0.236. The van der Waals surface area contributed by atoms with E-state index in [0.717, 1.165) is 0 Å². The molecule has 0 spiro atoms. The monoisotopic (exact) mass is 123 g/mol. The molecule has 0 unspecified atom stereocenters. The first-order chi connectivity index (χ1) is 3.30. The Hall–Kier alpha value is -0.130. The molecule has 8 heavy (non-hydrogen) atoms. The molecule has 0 aromatic carbocycles. The Bertz CT molecular complexity index is 143. The fourth-order valence-electron chi connectivity index (χ4n) is 0.236. The molecule has 0 aliphatic carbocycles. The van der Waals surface area contributed by atoms with Crippen LogP contribution in [-0.2, 0) is 7.05 Å². The summed E-state index contributed by atoms with van der Waals surface area (Å²) in [4.78, 5) is 0. The summed E-state index contributed by atoms with van der Waals surface area (Å²) in [6.45, 7) is 0. The Morgan fingerprint density at radius 2 is 2.25 bits per heavy atom. The van der Waals surface area contributed by atoms with Crippen LogP contribution in [0, 0.1) is 0 Å². The van der Waals surface area contributed by atoms with Crippen molar-refractivity contribution in [2.24, 2.45) is 7.05 Å². The third-order valence-corrected chi connectivity index (χ3v) is 0.653. The van der Waals surface area contributed by atoms with Crippen LogP contribution >= 0.6 is 0 Å². The molecule has 40 valence electrons. The summed E-state index contributed by atoms with van der Waals surface area (Å²) in [5, 5.41) is 10.1. The Morgan fingerprint density at radius 1 is 1.62 bits per heavy atom. The number of aryl methyl sites for hydroxylation is 1. The first kappa shape index (κ1) is 7.87. The standard InChI is InChI=1S/C2H5N5.Na.H/c1-7-2(3)4-5-6-7;;/h1H3,(H2,3,4,6);;. The van der Waals surface area contributed by atoms with Gasteiger partial charge in [0.05, 0.1) is 0 Å². The molecule has 0 radical (unpaired) electrons. The van der Waals surface area contributed by atoms with Gasteiger partial charge in [0.25, 0.3) is 0 Å². The van der Waals surface area contributed by atoms with E-state index >= 15 is 0 Å². The van der Waals surface area contributed by atoms with Gasteiger partial charge >= 0.3 is 29.6 Å². The maximum atomic E-state index is 5.17. The number of hydrogen-bond acceptors (Lipinski definition) is 4. The van der Waals surface area contributed by atoms with Crippen LogP contribution < -0.4 is 5.73 Å². The SMILES string of the molecule is Cn1nnnc1N.[NaH]. The molecule has 1 heterocycles. The van der Waals surface area contributed by atoms with Crippen molar-refractivity contribution in [3.8, 4) is 0 Å². The van der Waals surface area contributed by atoms with Crippen molar-refractivity contribution in [3.63, 3.8) is 0 Å². The van der Waals surface area contributed by atoms with E-state index in [2.05, 4.69) is 15.5 Å². The minimum absolute atomic E-state index is 0. The van der Waals surface area contributed by atoms with Gasteiger partial charge in [-0.3, -0.25) is 0 Å². The van der Waals surface area contributed by atoms with Crippen molar-refractivity contribution in [1.29, 1.82) is 0 Å². The van der Waals surface area contributed by atoms with Gasteiger partial charge in [-0.1, -0.05) is 5.10 Å². The van der Waals surface area contributed by atoms with Crippen LogP contribution in [0.2, 0.25) is 0 Å². The zero-order valence-corrected chi connectivity index (χ0v) is 3.87. The summed E-state index contributed by atoms with van der Waals surface area (Å²) >= 11 is 0. The molecular formula is C2H6N5Na. The zero-order valence-electron chi connectivity index (χ0n) is 3.87. The van der Waals surface area contributed by atoms with Crippen molar-refractivity contribution in [3.05, 3.63) is 0 Å². The fraction of sp³-hybridized carbons (Fsp3) is 0.500. The van der Waals surface area contributed by atoms with Gasteiger partial charge in [-0.25, -0.2) is 4.68 Å². The van der Waals surface area contributed by atoms with Gasteiger partial charge < -0.3 is 5.73 Å². The second kappa shape index (κ2) is 3.01. The van der Waals surface area contributed by atoms with E-state index in [0.29, 0.717) is 5.95 Å². The second-order valence-corrected chi connectivity index (χ2v) is 1.16. The summed E-state index contributed by atoms with van der Waals surface area (Å²) in [5.41, 5.74) is 5.17. The molecule has 0 atom stereocenters. The van der Waals surface area contributed by atoms with Crippen molar-refractivity contribution >= 4 is 35.5 Å². The number of rotatable bonds is 0. The molecule has 0 amide bonds. The summed E-state index contributed by atoms with van der Waals surface area (Å²) < 4.78 is 1.39.